The quantitative estimate of drug-likeness (QED) is 0.0342. The first kappa shape index (κ1) is 88.3. The van der Waals surface area contributed by atoms with Crippen molar-refractivity contribution in [2.24, 2.45) is 0 Å². The van der Waals surface area contributed by atoms with Gasteiger partial charge in [0.1, 0.15) is 11.6 Å². The number of carbonyl (C=O) groups is 7. The van der Waals surface area contributed by atoms with Crippen LogP contribution in [-0.2, 0) is 0 Å². The van der Waals surface area contributed by atoms with E-state index in [4.69, 9.17) is 56.9 Å². The third-order valence-corrected chi connectivity index (χ3v) is 20.3. The molecule has 1 aliphatic heterocycles. The molecular weight excluding hydrogens is 1670 g/mol. The molecule has 7 amide bonds. The number of piperazine rings is 1. The smallest absolute Gasteiger partial charge is 0.257 e. The van der Waals surface area contributed by atoms with Crippen molar-refractivity contribution in [3.05, 3.63) is 382 Å². The molecule has 2 atom stereocenters. The van der Waals surface area contributed by atoms with Gasteiger partial charge >= 0.3 is 0 Å². The van der Waals surface area contributed by atoms with Gasteiger partial charge in [-0.25, -0.2) is 15.0 Å². The zero-order valence-corrected chi connectivity index (χ0v) is 70.6. The predicted octanol–water partition coefficient (Wildman–Crippen LogP) is 19.7. The van der Waals surface area contributed by atoms with Crippen molar-refractivity contribution in [2.45, 2.75) is 25.9 Å². The summed E-state index contributed by atoms with van der Waals surface area (Å²) in [4.78, 5) is 124. The number of nitrogens with zero attached hydrogens (tertiary/aromatic N) is 9. The molecule has 26 nitrogen and oxygen atoms in total. The Balaban J connectivity index is 0.000000144. The largest absolute Gasteiger partial charge is 0.481 e. The van der Waals surface area contributed by atoms with Gasteiger partial charge in [0.2, 0.25) is 5.88 Å². The Labute approximate surface area is 744 Å². The number of hydrogen-bond acceptors (Lipinski definition) is 19. The van der Waals surface area contributed by atoms with Crippen LogP contribution < -0.4 is 57.9 Å². The van der Waals surface area contributed by atoms with Crippen molar-refractivity contribution in [3.63, 3.8) is 0 Å². The number of amides is 7. The molecule has 0 radical (unpaired) electrons. The molecule has 0 unspecified atom stereocenters. The number of methoxy groups -OCH3 is 1. The number of nitrogen functional groups attached to an aromatic ring is 1. The Morgan fingerprint density at radius 3 is 0.913 bits per heavy atom. The van der Waals surface area contributed by atoms with E-state index >= 15 is 0 Å². The second-order valence-electron chi connectivity index (χ2n) is 28.1. The molecule has 0 bridgehead atoms. The van der Waals surface area contributed by atoms with Gasteiger partial charge in [0.05, 0.1) is 91.2 Å². The minimum Gasteiger partial charge on any atom is -0.481 e. The average Bonchev–Trinajstić information content (AvgIpc) is 0.832. The van der Waals surface area contributed by atoms with Gasteiger partial charge in [-0.15, -0.1) is 0 Å². The minimum atomic E-state index is -0.318. The molecule has 9 heterocycles. The monoisotopic (exact) mass is 1750 g/mol. The fraction of sp³-hybridized carbons (Fsp3) is 0.0729. The Morgan fingerprint density at radius 1 is 0.325 bits per heavy atom. The highest BCUT2D eigenvalue weighted by Gasteiger charge is 2.24. The van der Waals surface area contributed by atoms with E-state index < -0.39 is 0 Å². The molecule has 30 heteroatoms. The normalized spacial score (nSPS) is 12.4. The van der Waals surface area contributed by atoms with Crippen LogP contribution in [0.15, 0.2) is 323 Å². The molecule has 15 aromatic rings. The number of anilines is 9. The van der Waals surface area contributed by atoms with Gasteiger partial charge < -0.3 is 57.9 Å². The molecule has 1 saturated heterocycles. The number of nitrogens with one attached hydrogen (secondary N) is 8. The molecule has 8 aromatic heterocycles. The lowest BCUT2D eigenvalue weighted by molar-refractivity contribution is 0.101. The summed E-state index contributed by atoms with van der Waals surface area (Å²) in [5.74, 6) is -0.341. The van der Waals surface area contributed by atoms with Gasteiger partial charge in [0, 0.05) is 147 Å². The molecule has 7 aromatic carbocycles. The molecule has 16 rings (SSSR count). The van der Waals surface area contributed by atoms with Crippen LogP contribution in [0.3, 0.4) is 0 Å². The number of hydrogen-bond donors (Lipinski definition) is 9. The van der Waals surface area contributed by atoms with Crippen LogP contribution in [0.5, 0.6) is 5.88 Å². The van der Waals surface area contributed by atoms with Crippen LogP contribution in [0, 0.1) is 0 Å². The number of carbonyl (C=O) groups excluding carboxylic acids is 7. The van der Waals surface area contributed by atoms with Gasteiger partial charge in [0.25, 0.3) is 41.4 Å². The minimum absolute atomic E-state index is 0.217. The zero-order valence-electron chi connectivity index (χ0n) is 67.5. The second-order valence-corrected chi connectivity index (χ2v) is 29.8. The van der Waals surface area contributed by atoms with Crippen molar-refractivity contribution in [1.82, 2.24) is 45.2 Å². The third-order valence-electron chi connectivity index (χ3n) is 18.9. The zero-order chi connectivity index (χ0) is 88.4. The summed E-state index contributed by atoms with van der Waals surface area (Å²) in [5.41, 5.74) is 18.4. The van der Waals surface area contributed by atoms with Gasteiger partial charge in [-0.1, -0.05) is 70.7 Å². The van der Waals surface area contributed by atoms with Crippen LogP contribution >= 0.6 is 46.4 Å². The summed E-state index contributed by atoms with van der Waals surface area (Å²) in [6.07, 6.45) is 14.5. The van der Waals surface area contributed by atoms with E-state index in [2.05, 4.69) is 101 Å². The lowest BCUT2D eigenvalue weighted by Gasteiger charge is -2.36. The van der Waals surface area contributed by atoms with Gasteiger partial charge in [-0.2, -0.15) is 0 Å². The molecule has 628 valence electrons. The lowest BCUT2D eigenvalue weighted by atomic mass is 10.1. The molecule has 1 fully saturated rings. The SMILES string of the molecule is COc1ccc(NC(=O)c2ccc(C(=O)Nc3ccc(Cl)c(-c4ccccn4)c3)cc2)cn1.C[C@@H]1CN(c2ccc(C(=O)Nc3ccc(Cl)c(-c4ccccn4)c3)cn2)C[C@H](C)N1.Nc1ccc(NC(=O)c2ccc(C(=O)Nc3ccc(Cl)c(-c4ccccn4)c3)cc2)cn1.O=C(Nc1cccnc1)c1ccc(C(=O)Nc2ccc(Cl)c(-c3ccccn3)c2)cc1. The molecule has 0 aliphatic carbocycles. The van der Waals surface area contributed by atoms with Gasteiger partial charge in [-0.3, -0.25) is 58.5 Å². The van der Waals surface area contributed by atoms with Crippen molar-refractivity contribution < 1.29 is 38.3 Å². The first-order chi connectivity index (χ1) is 61.1. The van der Waals surface area contributed by atoms with E-state index in [1.807, 2.05) is 91.0 Å². The second kappa shape index (κ2) is 42.9. The number of aromatic nitrogens is 8. The number of benzene rings is 7. The van der Waals surface area contributed by atoms with Crippen LogP contribution in [0.1, 0.15) is 86.4 Å². The fourth-order valence-electron chi connectivity index (χ4n) is 12.7. The maximum atomic E-state index is 12.7. The summed E-state index contributed by atoms with van der Waals surface area (Å²) >= 11 is 25.2. The van der Waals surface area contributed by atoms with E-state index in [-0.39, 0.29) is 41.4 Å². The van der Waals surface area contributed by atoms with Crippen molar-refractivity contribution in [1.29, 1.82) is 0 Å². The number of pyridine rings is 8. The molecule has 10 N–H and O–H groups in total. The van der Waals surface area contributed by atoms with Crippen LogP contribution in [0.25, 0.3) is 45.0 Å². The molecule has 0 spiro atoms. The van der Waals surface area contributed by atoms with E-state index in [1.165, 1.54) is 19.5 Å². The van der Waals surface area contributed by atoms with Gasteiger partial charge in [0.15, 0.2) is 0 Å². The highest BCUT2D eigenvalue weighted by molar-refractivity contribution is 6.35. The average molecular weight is 1750 g/mol. The summed E-state index contributed by atoms with van der Waals surface area (Å²) in [6, 6.07) is 76.9. The van der Waals surface area contributed by atoms with E-state index in [0.29, 0.717) is 145 Å². The molecular formula is C96H78Cl4N18O8. The van der Waals surface area contributed by atoms with Crippen LogP contribution in [0.4, 0.5) is 51.4 Å². The Bertz CT molecular complexity index is 6310. The summed E-state index contributed by atoms with van der Waals surface area (Å²) in [7, 11) is 1.52. The third kappa shape index (κ3) is 24.5. The van der Waals surface area contributed by atoms with Crippen molar-refractivity contribution in [3.8, 4) is 50.9 Å². The van der Waals surface area contributed by atoms with Crippen molar-refractivity contribution in [2.75, 3.05) is 68.1 Å². The Hall–Kier alpha value is -15.5. The number of rotatable bonds is 20. The number of nitrogens with two attached hydrogens (primary N) is 1. The summed E-state index contributed by atoms with van der Waals surface area (Å²) in [5, 5.41) is 25.4. The molecule has 126 heavy (non-hydrogen) atoms. The maximum absolute atomic E-state index is 12.7. The summed E-state index contributed by atoms with van der Waals surface area (Å²) in [6.45, 7) is 6.11. The molecule has 1 aliphatic rings. The maximum Gasteiger partial charge on any atom is 0.257 e. The van der Waals surface area contributed by atoms with Crippen LogP contribution in [-0.4, -0.2) is 114 Å². The Morgan fingerprint density at radius 2 is 0.635 bits per heavy atom. The highest BCUT2D eigenvalue weighted by Crippen LogP contribution is 2.35. The first-order valence-corrected chi connectivity index (χ1v) is 40.6. The number of halogens is 4. The standard InChI is InChI=1S/C25H19ClN4O3.C24H18ClN5O2.C24H17ClN4O2.C23H24ClN5O/c1-33-23-12-10-19(15-28-23)30-25(32)17-7-5-16(6-8-17)24(31)29-18-9-11-21(26)20(14-18)22-4-2-3-13-27-22;25-20-10-8-17(13-19(20)21-3-1-2-12-27-21)29-23(31)15-4-6-16(7-5-15)24(32)30-18-9-11-22(26)28-14-18;25-21-11-10-18(14-20(21)22-5-1-2-13-27-22)28-23(30)16-6-8-17(9-7-16)24(31)29-19-4-3-12-26-15-19;1-15-13-29(14-16(2)27-15)22-9-6-17(12-26-22)23(30)28-18-7-8-20(24)19(11-18)21-5-3-4-10-25-21/h2-15H,1H3,(H,29,31)(H,30,32);1-14H,(H2,26,28)(H,29,31)(H,30,32);1-15H,(H,28,30)(H,29,31);3-12,15-16,27H,13-14H2,1-2H3,(H,28,30)/t;;;15-,16+. The van der Waals surface area contributed by atoms with Gasteiger partial charge in [-0.05, 0) is 250 Å². The fourth-order valence-corrected chi connectivity index (χ4v) is 13.6. The van der Waals surface area contributed by atoms with E-state index in [1.54, 1.807) is 219 Å². The molecule has 0 saturated carbocycles. The lowest BCUT2D eigenvalue weighted by Crippen LogP contribution is -2.54. The Kier molecular flexibility index (Phi) is 30.0. The van der Waals surface area contributed by atoms with Crippen molar-refractivity contribution >= 4 is 139 Å². The highest BCUT2D eigenvalue weighted by atomic mass is 35.5. The number of ether oxygens (including phenoxy) is 1. The van der Waals surface area contributed by atoms with E-state index in [0.717, 1.165) is 41.3 Å². The van der Waals surface area contributed by atoms with Crippen LogP contribution in [0.2, 0.25) is 20.1 Å². The summed E-state index contributed by atoms with van der Waals surface area (Å²) < 4.78 is 5.00. The van der Waals surface area contributed by atoms with E-state index in [9.17, 15) is 33.6 Å². The predicted molar refractivity (Wildman–Crippen MR) is 496 cm³/mol. The first-order valence-electron chi connectivity index (χ1n) is 39.0. The topological polar surface area (TPSA) is 357 Å².